The van der Waals surface area contributed by atoms with Crippen molar-refractivity contribution in [3.63, 3.8) is 0 Å². The van der Waals surface area contributed by atoms with Crippen LogP contribution in [0.1, 0.15) is 27.0 Å². The van der Waals surface area contributed by atoms with Crippen LogP contribution in [0.25, 0.3) is 0 Å². The second-order valence-corrected chi connectivity index (χ2v) is 8.95. The van der Waals surface area contributed by atoms with Crippen LogP contribution in [0.5, 0.6) is 0 Å². The minimum Gasteiger partial charge on any atom is -0.326 e. The number of benzene rings is 3. The van der Waals surface area contributed by atoms with E-state index < -0.39 is 30.7 Å². The van der Waals surface area contributed by atoms with E-state index in [2.05, 4.69) is 10.3 Å². The topological polar surface area (TPSA) is 78.8 Å². The Bertz CT molecular complexity index is 1370. The Morgan fingerprint density at radius 3 is 2.27 bits per heavy atom. The van der Waals surface area contributed by atoms with Crippen molar-refractivity contribution in [2.24, 2.45) is 4.99 Å². The molecule has 0 aliphatic carbocycles. The van der Waals surface area contributed by atoms with E-state index >= 15 is 0 Å². The van der Waals surface area contributed by atoms with Gasteiger partial charge in [0.2, 0.25) is 12.1 Å². The molecule has 0 saturated heterocycles. The van der Waals surface area contributed by atoms with Crippen molar-refractivity contribution in [3.05, 3.63) is 99.0 Å². The van der Waals surface area contributed by atoms with Crippen molar-refractivity contribution in [3.8, 4) is 0 Å². The molecule has 0 aromatic heterocycles. The summed E-state index contributed by atoms with van der Waals surface area (Å²) >= 11 is 12.1. The lowest BCUT2D eigenvalue weighted by Gasteiger charge is -2.26. The maximum Gasteiger partial charge on any atom is 0.406 e. The predicted octanol–water partition coefficient (Wildman–Crippen LogP) is 5.24. The van der Waals surface area contributed by atoms with Crippen molar-refractivity contribution < 1.29 is 27.6 Å². The molecule has 1 N–H and O–H groups in total. The smallest absolute Gasteiger partial charge is 0.326 e. The first kappa shape index (κ1) is 26.4. The molecule has 1 atom stereocenters. The van der Waals surface area contributed by atoms with Gasteiger partial charge < -0.3 is 5.32 Å². The van der Waals surface area contributed by atoms with Gasteiger partial charge in [0.15, 0.2) is 6.29 Å². The van der Waals surface area contributed by atoms with Gasteiger partial charge in [-0.2, -0.15) is 13.2 Å². The lowest BCUT2D eigenvalue weighted by molar-refractivity contribution is -0.134. The van der Waals surface area contributed by atoms with Crippen LogP contribution in [0.2, 0.25) is 10.0 Å². The summed E-state index contributed by atoms with van der Waals surface area (Å²) in [4.78, 5) is 42.4. The number of halogens is 5. The number of carbonyl (C=O) groups is 3. The summed E-state index contributed by atoms with van der Waals surface area (Å²) in [5.41, 5.74) is 1.53. The molecule has 11 heteroatoms. The molecule has 0 fully saturated rings. The highest BCUT2D eigenvalue weighted by Gasteiger charge is 2.39. The van der Waals surface area contributed by atoms with Crippen LogP contribution >= 0.6 is 23.2 Å². The number of hydrogen-bond acceptors (Lipinski definition) is 4. The van der Waals surface area contributed by atoms with E-state index in [1.165, 1.54) is 24.3 Å². The molecule has 190 valence electrons. The molecule has 1 aliphatic rings. The summed E-state index contributed by atoms with van der Waals surface area (Å²) in [5, 5.41) is 2.50. The van der Waals surface area contributed by atoms with Gasteiger partial charge >= 0.3 is 6.18 Å². The Kier molecular flexibility index (Phi) is 7.65. The van der Waals surface area contributed by atoms with Crippen LogP contribution in [-0.4, -0.2) is 42.7 Å². The van der Waals surface area contributed by atoms with E-state index in [1.807, 2.05) is 0 Å². The Morgan fingerprint density at radius 2 is 1.65 bits per heavy atom. The largest absolute Gasteiger partial charge is 0.406 e. The third-order valence-corrected chi connectivity index (χ3v) is 6.14. The second-order valence-electron chi connectivity index (χ2n) is 8.14. The molecule has 4 rings (SSSR count). The number of amides is 2. The van der Waals surface area contributed by atoms with E-state index in [0.717, 1.165) is 0 Å². The Labute approximate surface area is 219 Å². The molecular formula is C26H18Cl2F3N3O3. The van der Waals surface area contributed by atoms with Crippen LogP contribution in [0, 0.1) is 0 Å². The normalized spacial score (nSPS) is 15.5. The summed E-state index contributed by atoms with van der Waals surface area (Å²) in [5.74, 6) is -1.75. The molecule has 0 unspecified atom stereocenters. The molecule has 3 aromatic rings. The van der Waals surface area contributed by atoms with Crippen molar-refractivity contribution in [2.45, 2.75) is 18.8 Å². The Balaban J connectivity index is 1.73. The maximum atomic E-state index is 13.5. The first-order valence-electron chi connectivity index (χ1n) is 10.9. The zero-order valence-corrected chi connectivity index (χ0v) is 20.4. The van der Waals surface area contributed by atoms with E-state index in [4.69, 9.17) is 23.2 Å². The molecule has 37 heavy (non-hydrogen) atoms. The highest BCUT2D eigenvalue weighted by atomic mass is 35.5. The number of rotatable bonds is 6. The predicted molar refractivity (Wildman–Crippen MR) is 134 cm³/mol. The van der Waals surface area contributed by atoms with Crippen molar-refractivity contribution in [1.82, 2.24) is 5.32 Å². The number of hydrogen-bond donors (Lipinski definition) is 1. The minimum absolute atomic E-state index is 0.0205. The summed E-state index contributed by atoms with van der Waals surface area (Å²) < 4.78 is 40.5. The van der Waals surface area contributed by atoms with Gasteiger partial charge in [-0.25, -0.2) is 4.99 Å². The average Bonchev–Trinajstić information content (AvgIpc) is 2.94. The Hall–Kier alpha value is -3.69. The number of carbonyl (C=O) groups excluding carboxylic acids is 3. The van der Waals surface area contributed by atoms with Crippen LogP contribution in [0.3, 0.4) is 0 Å². The van der Waals surface area contributed by atoms with Gasteiger partial charge in [0.05, 0.1) is 33.4 Å². The first-order chi connectivity index (χ1) is 17.6. The van der Waals surface area contributed by atoms with E-state index in [1.54, 1.807) is 42.5 Å². The van der Waals surface area contributed by atoms with Gasteiger partial charge in [0.25, 0.3) is 5.91 Å². The van der Waals surface area contributed by atoms with Crippen LogP contribution in [0.15, 0.2) is 71.7 Å². The highest BCUT2D eigenvalue weighted by Crippen LogP contribution is 2.31. The molecule has 0 spiro atoms. The lowest BCUT2D eigenvalue weighted by Crippen LogP contribution is -2.50. The number of fused-ring (bicyclic) bond motifs is 1. The van der Waals surface area contributed by atoms with Crippen LogP contribution in [0.4, 0.5) is 18.9 Å². The average molecular weight is 548 g/mol. The molecule has 3 aromatic carbocycles. The molecule has 0 saturated carbocycles. The van der Waals surface area contributed by atoms with Gasteiger partial charge in [-0.05, 0) is 23.8 Å². The third-order valence-electron chi connectivity index (χ3n) is 5.51. The standard InChI is InChI=1S/C26H18Cl2F3N3O3/c27-19-10-15(11-20(28)18(19)13-35)12-22(36)32-24-25(37)34(14-26(29,30)31)21-9-5-4-8-17(21)23(33-24)16-6-2-1-3-7-16/h1-11,13,24H,12,14H2,(H,32,36)/t24-/m1/s1. The molecule has 6 nitrogen and oxygen atoms in total. The fraction of sp³-hybridized carbons (Fsp3) is 0.154. The minimum atomic E-state index is -4.71. The number of nitrogens with one attached hydrogen (secondary N) is 1. The van der Waals surface area contributed by atoms with E-state index in [0.29, 0.717) is 27.9 Å². The van der Waals surface area contributed by atoms with Gasteiger partial charge in [-0.3, -0.25) is 19.3 Å². The van der Waals surface area contributed by atoms with Crippen LogP contribution < -0.4 is 10.2 Å². The number of anilines is 1. The fourth-order valence-corrected chi connectivity index (χ4v) is 4.55. The molecule has 0 radical (unpaired) electrons. The van der Waals surface area contributed by atoms with Crippen molar-refractivity contribution in [1.29, 1.82) is 0 Å². The van der Waals surface area contributed by atoms with Crippen LogP contribution in [-0.2, 0) is 16.0 Å². The van der Waals surface area contributed by atoms with Crippen molar-refractivity contribution >= 4 is 52.7 Å². The van der Waals surface area contributed by atoms with Crippen molar-refractivity contribution in [2.75, 3.05) is 11.4 Å². The molecule has 1 aliphatic heterocycles. The fourth-order valence-electron chi connectivity index (χ4n) is 3.93. The van der Waals surface area contributed by atoms with Gasteiger partial charge in [-0.1, -0.05) is 71.7 Å². The Morgan fingerprint density at radius 1 is 1.03 bits per heavy atom. The van der Waals surface area contributed by atoms with Gasteiger partial charge in [-0.15, -0.1) is 0 Å². The number of aliphatic imine (C=N–C) groups is 1. The van der Waals surface area contributed by atoms with Gasteiger partial charge in [0.1, 0.15) is 6.54 Å². The van der Waals surface area contributed by atoms with Gasteiger partial charge in [0, 0.05) is 11.1 Å². The summed E-state index contributed by atoms with van der Waals surface area (Å²) in [6, 6.07) is 17.5. The van der Waals surface area contributed by atoms with E-state index in [9.17, 15) is 27.6 Å². The second kappa shape index (κ2) is 10.7. The molecule has 1 heterocycles. The number of alkyl halides is 3. The first-order valence-corrected chi connectivity index (χ1v) is 11.7. The van der Waals surface area contributed by atoms with E-state index in [-0.39, 0.29) is 33.4 Å². The zero-order valence-electron chi connectivity index (χ0n) is 18.9. The molecule has 2 amide bonds. The number of para-hydroxylation sites is 1. The molecular weight excluding hydrogens is 530 g/mol. The number of aldehydes is 1. The summed E-state index contributed by atoms with van der Waals surface area (Å²) in [7, 11) is 0. The molecule has 0 bridgehead atoms. The third kappa shape index (κ3) is 6.00. The SMILES string of the molecule is O=Cc1c(Cl)cc(CC(=O)N[C@@H]2N=C(c3ccccc3)c3ccccc3N(CC(F)(F)F)C2=O)cc1Cl. The summed E-state index contributed by atoms with van der Waals surface area (Å²) in [6.45, 7) is -1.56. The maximum absolute atomic E-state index is 13.5. The number of benzodiazepines with no additional fused rings is 1. The summed E-state index contributed by atoms with van der Waals surface area (Å²) in [6.07, 6.45) is -6.18. The number of nitrogens with zero attached hydrogens (tertiary/aromatic N) is 2. The monoisotopic (exact) mass is 547 g/mol. The highest BCUT2D eigenvalue weighted by molar-refractivity contribution is 6.38. The lowest BCUT2D eigenvalue weighted by atomic mass is 10.0. The quantitative estimate of drug-likeness (QED) is 0.429. The zero-order chi connectivity index (χ0) is 26.7.